The van der Waals surface area contributed by atoms with Crippen molar-refractivity contribution in [3.8, 4) is 0 Å². The number of carbonyl (C=O) groups excluding carboxylic acids is 3. The summed E-state index contributed by atoms with van der Waals surface area (Å²) >= 11 is 0. The summed E-state index contributed by atoms with van der Waals surface area (Å²) in [6.45, 7) is 10.7. The molecule has 0 aromatic carbocycles. The van der Waals surface area contributed by atoms with Crippen LogP contribution in [-0.4, -0.2) is 35.7 Å². The quantitative estimate of drug-likeness (QED) is 0.559. The molecule has 1 aliphatic heterocycles. The zero-order valence-corrected chi connectivity index (χ0v) is 15.9. The molecule has 5 unspecified atom stereocenters. The van der Waals surface area contributed by atoms with Crippen molar-refractivity contribution in [2.75, 3.05) is 6.61 Å². The Balaban J connectivity index is 1.69. The maximum atomic E-state index is 12.3. The lowest BCUT2D eigenvalue weighted by Crippen LogP contribution is -2.57. The molecule has 6 nitrogen and oxygen atoms in total. The van der Waals surface area contributed by atoms with Crippen LogP contribution in [0.2, 0.25) is 0 Å². The van der Waals surface area contributed by atoms with Crippen LogP contribution in [-0.2, 0) is 28.6 Å². The molecule has 140 valence electrons. The van der Waals surface area contributed by atoms with Crippen molar-refractivity contribution in [2.45, 2.75) is 72.0 Å². The number of rotatable bonds is 5. The molecule has 0 radical (unpaired) electrons. The summed E-state index contributed by atoms with van der Waals surface area (Å²) in [7, 11) is 0. The molecule has 1 heterocycles. The second-order valence-corrected chi connectivity index (χ2v) is 9.00. The van der Waals surface area contributed by atoms with Crippen LogP contribution < -0.4 is 0 Å². The third-order valence-electron chi connectivity index (χ3n) is 7.24. The van der Waals surface area contributed by atoms with Gasteiger partial charge in [-0.1, -0.05) is 6.92 Å². The first-order valence-corrected chi connectivity index (χ1v) is 9.03. The Hall–Kier alpha value is -1.59. The summed E-state index contributed by atoms with van der Waals surface area (Å²) < 4.78 is 16.6. The summed E-state index contributed by atoms with van der Waals surface area (Å²) in [4.78, 5) is 36.7. The second kappa shape index (κ2) is 5.21. The van der Waals surface area contributed by atoms with Crippen LogP contribution >= 0.6 is 0 Å². The smallest absolute Gasteiger partial charge is 0.344 e. The Bertz CT molecular complexity index is 640. The number of esters is 3. The van der Waals surface area contributed by atoms with Crippen molar-refractivity contribution in [3.63, 3.8) is 0 Å². The Morgan fingerprint density at radius 2 is 1.92 bits per heavy atom. The van der Waals surface area contributed by atoms with E-state index in [1.165, 1.54) is 0 Å². The first-order chi connectivity index (χ1) is 11.4. The minimum Gasteiger partial charge on any atom is -0.454 e. The molecular weight excluding hydrogens is 324 g/mol. The molecule has 0 aromatic rings. The van der Waals surface area contributed by atoms with E-state index < -0.39 is 40.6 Å². The van der Waals surface area contributed by atoms with Crippen molar-refractivity contribution in [2.24, 2.45) is 22.7 Å². The average molecular weight is 352 g/mol. The molecule has 25 heavy (non-hydrogen) atoms. The van der Waals surface area contributed by atoms with Crippen molar-refractivity contribution >= 4 is 17.9 Å². The van der Waals surface area contributed by atoms with E-state index in [0.29, 0.717) is 12.8 Å². The predicted octanol–water partition coefficient (Wildman–Crippen LogP) is 2.63. The van der Waals surface area contributed by atoms with Gasteiger partial charge in [0.25, 0.3) is 0 Å². The fourth-order valence-electron chi connectivity index (χ4n) is 4.91. The van der Waals surface area contributed by atoms with Crippen LogP contribution in [0.3, 0.4) is 0 Å². The second-order valence-electron chi connectivity index (χ2n) is 9.00. The Morgan fingerprint density at radius 3 is 2.52 bits per heavy atom. The lowest BCUT2D eigenvalue weighted by atomic mass is 9.65. The molecule has 5 atom stereocenters. The van der Waals surface area contributed by atoms with Gasteiger partial charge in [-0.3, -0.25) is 9.59 Å². The molecule has 2 aliphatic carbocycles. The van der Waals surface area contributed by atoms with Gasteiger partial charge in [0, 0.05) is 11.8 Å². The van der Waals surface area contributed by atoms with Gasteiger partial charge in [0.2, 0.25) is 0 Å². The monoisotopic (exact) mass is 352 g/mol. The molecule has 6 heteroatoms. The van der Waals surface area contributed by atoms with Crippen LogP contribution in [0.4, 0.5) is 0 Å². The molecule has 3 aliphatic rings. The maximum Gasteiger partial charge on any atom is 0.344 e. The lowest BCUT2D eigenvalue weighted by molar-refractivity contribution is -0.205. The fourth-order valence-corrected chi connectivity index (χ4v) is 4.91. The van der Waals surface area contributed by atoms with E-state index in [4.69, 9.17) is 14.2 Å². The van der Waals surface area contributed by atoms with Crippen molar-refractivity contribution < 1.29 is 28.6 Å². The third kappa shape index (κ3) is 2.25. The largest absolute Gasteiger partial charge is 0.454 e. The summed E-state index contributed by atoms with van der Waals surface area (Å²) in [6.07, 6.45) is 2.10. The summed E-state index contributed by atoms with van der Waals surface area (Å²) in [5, 5.41) is 0. The van der Waals surface area contributed by atoms with E-state index >= 15 is 0 Å². The van der Waals surface area contributed by atoms with Crippen LogP contribution in [0.5, 0.6) is 0 Å². The van der Waals surface area contributed by atoms with Gasteiger partial charge in [0.05, 0.1) is 10.8 Å². The molecule has 3 fully saturated rings. The van der Waals surface area contributed by atoms with Crippen LogP contribution in [0.15, 0.2) is 0 Å². The number of ether oxygens (including phenoxy) is 3. The first kappa shape index (κ1) is 18.2. The topological polar surface area (TPSA) is 78.9 Å². The van der Waals surface area contributed by atoms with Gasteiger partial charge < -0.3 is 14.2 Å². The van der Waals surface area contributed by atoms with E-state index in [-0.39, 0.29) is 17.8 Å². The van der Waals surface area contributed by atoms with E-state index in [1.807, 2.05) is 27.7 Å². The molecule has 3 rings (SSSR count). The van der Waals surface area contributed by atoms with Gasteiger partial charge in [-0.25, -0.2) is 4.79 Å². The Labute approximate surface area is 148 Å². The highest BCUT2D eigenvalue weighted by Gasteiger charge is 2.80. The van der Waals surface area contributed by atoms with Crippen molar-refractivity contribution in [1.82, 2.24) is 0 Å². The highest BCUT2D eigenvalue weighted by molar-refractivity contribution is 5.83. The molecule has 2 saturated carbocycles. The summed E-state index contributed by atoms with van der Waals surface area (Å²) in [5.41, 5.74) is -2.80. The molecule has 0 amide bonds. The van der Waals surface area contributed by atoms with E-state index in [9.17, 15) is 14.4 Å². The molecule has 1 saturated heterocycles. The fraction of sp³-hybridized carbons (Fsp3) is 0.842. The highest BCUT2D eigenvalue weighted by atomic mass is 16.6. The number of hydrogen-bond donors (Lipinski definition) is 0. The molecule has 0 aromatic heterocycles. The normalized spacial score (nSPS) is 41.6. The third-order valence-corrected chi connectivity index (χ3v) is 7.24. The highest BCUT2D eigenvalue weighted by Crippen LogP contribution is 2.70. The Kier molecular flexibility index (Phi) is 3.79. The van der Waals surface area contributed by atoms with Crippen LogP contribution in [0, 0.1) is 22.7 Å². The zero-order chi connectivity index (χ0) is 18.8. The van der Waals surface area contributed by atoms with E-state index in [1.54, 1.807) is 13.8 Å². The predicted molar refractivity (Wildman–Crippen MR) is 88.3 cm³/mol. The van der Waals surface area contributed by atoms with Gasteiger partial charge in [-0.2, -0.15) is 0 Å². The average Bonchev–Trinajstić information content (AvgIpc) is 3.04. The zero-order valence-electron chi connectivity index (χ0n) is 15.9. The van der Waals surface area contributed by atoms with E-state index in [0.717, 1.165) is 6.42 Å². The van der Waals surface area contributed by atoms with Gasteiger partial charge in [-0.15, -0.1) is 0 Å². The molecular formula is C19H28O6. The van der Waals surface area contributed by atoms with E-state index in [2.05, 4.69) is 0 Å². The van der Waals surface area contributed by atoms with Gasteiger partial charge in [-0.05, 0) is 53.9 Å². The first-order valence-electron chi connectivity index (χ1n) is 9.03. The van der Waals surface area contributed by atoms with Crippen molar-refractivity contribution in [3.05, 3.63) is 0 Å². The molecule has 2 bridgehead atoms. The minimum atomic E-state index is -0.882. The van der Waals surface area contributed by atoms with Gasteiger partial charge in [0.1, 0.15) is 0 Å². The molecule has 0 spiro atoms. The maximum absolute atomic E-state index is 12.3. The summed E-state index contributed by atoms with van der Waals surface area (Å²) in [5.74, 6) is -1.08. The van der Waals surface area contributed by atoms with Crippen LogP contribution in [0.25, 0.3) is 0 Å². The van der Waals surface area contributed by atoms with Gasteiger partial charge in [0.15, 0.2) is 17.8 Å². The summed E-state index contributed by atoms with van der Waals surface area (Å²) in [6, 6.07) is 0. The standard InChI is InChI=1S/C19H28O6/c1-7-16(2,3)14(21)23-10-13(20)24-18(5)11-8-12-17(4,9-11)15(22)25-19(12,18)6/h11-12H,7-10H2,1-6H3. The Morgan fingerprint density at radius 1 is 1.28 bits per heavy atom. The number of hydrogen-bond acceptors (Lipinski definition) is 6. The van der Waals surface area contributed by atoms with Crippen LogP contribution in [0.1, 0.15) is 60.8 Å². The van der Waals surface area contributed by atoms with Crippen molar-refractivity contribution in [1.29, 1.82) is 0 Å². The number of carbonyl (C=O) groups is 3. The number of fused-ring (bicyclic) bond motifs is 1. The van der Waals surface area contributed by atoms with Gasteiger partial charge >= 0.3 is 17.9 Å². The lowest BCUT2D eigenvalue weighted by Gasteiger charge is -2.45. The SMILES string of the molecule is CCC(C)(C)C(=O)OCC(=O)OC1(C)C2CC3C(C)(C2)C(=O)OC31C. The minimum absolute atomic E-state index is 0.0527. The molecule has 0 N–H and O–H groups in total.